The number of morpholine rings is 1. The average molecular weight is 543 g/mol. The van der Waals surface area contributed by atoms with Crippen LogP contribution < -0.4 is 5.76 Å². The number of carbonyl (C=O) groups excluding carboxylic acids is 2. The van der Waals surface area contributed by atoms with Crippen molar-refractivity contribution in [2.45, 2.75) is 64.5 Å². The molecule has 3 fully saturated rings. The van der Waals surface area contributed by atoms with Crippen LogP contribution >= 0.6 is 0 Å². The van der Waals surface area contributed by atoms with Crippen molar-refractivity contribution in [3.63, 3.8) is 0 Å². The topological polar surface area (TPSA) is 108 Å². The van der Waals surface area contributed by atoms with Crippen LogP contribution in [-0.4, -0.2) is 103 Å². The molecule has 0 unspecified atom stereocenters. The monoisotopic (exact) mass is 542 g/mol. The summed E-state index contributed by atoms with van der Waals surface area (Å²) in [4.78, 5) is 47.1. The molecule has 10 heteroatoms. The number of likely N-dealkylation sites (tertiary alicyclic amines) is 2. The van der Waals surface area contributed by atoms with Gasteiger partial charge >= 0.3 is 11.7 Å². The Morgan fingerprint density at radius 2 is 1.87 bits per heavy atom. The maximum Gasteiger partial charge on any atom is 0.417 e. The number of benzene rings is 1. The highest BCUT2D eigenvalue weighted by Crippen LogP contribution is 2.28. The van der Waals surface area contributed by atoms with Crippen LogP contribution in [0.25, 0.3) is 11.1 Å². The third-order valence-electron chi connectivity index (χ3n) is 8.53. The van der Waals surface area contributed by atoms with Gasteiger partial charge in [-0.3, -0.25) is 24.4 Å². The molecule has 1 aromatic carbocycles. The van der Waals surface area contributed by atoms with Crippen LogP contribution in [0, 0.1) is 12.8 Å². The van der Waals surface area contributed by atoms with Crippen LogP contribution in [0.15, 0.2) is 21.3 Å². The highest BCUT2D eigenvalue weighted by atomic mass is 16.5. The van der Waals surface area contributed by atoms with E-state index in [1.807, 2.05) is 30.9 Å². The Morgan fingerprint density at radius 1 is 1.10 bits per heavy atom. The summed E-state index contributed by atoms with van der Waals surface area (Å²) in [5.41, 5.74) is 3.17. The number of hydrogen-bond acceptors (Lipinski definition) is 8. The molecule has 3 aliphatic rings. The van der Waals surface area contributed by atoms with E-state index in [9.17, 15) is 14.4 Å². The first-order valence-electron chi connectivity index (χ1n) is 14.5. The van der Waals surface area contributed by atoms with Crippen molar-refractivity contribution >= 4 is 23.0 Å². The number of nitrogens with one attached hydrogen (secondary N) is 1. The molecule has 1 N–H and O–H groups in total. The van der Waals surface area contributed by atoms with Crippen LogP contribution in [0.4, 0.5) is 0 Å². The number of aryl methyl sites for hydroxylation is 1. The summed E-state index contributed by atoms with van der Waals surface area (Å²) in [6.07, 6.45) is 5.05. The van der Waals surface area contributed by atoms with Gasteiger partial charge in [0.25, 0.3) is 0 Å². The Morgan fingerprint density at radius 3 is 2.64 bits per heavy atom. The van der Waals surface area contributed by atoms with Crippen LogP contribution in [0.5, 0.6) is 0 Å². The maximum atomic E-state index is 13.3. The fourth-order valence-electron chi connectivity index (χ4n) is 6.44. The molecule has 4 heterocycles. The summed E-state index contributed by atoms with van der Waals surface area (Å²) in [6, 6.07) is 4.01. The van der Waals surface area contributed by atoms with Gasteiger partial charge in [-0.2, -0.15) is 0 Å². The molecule has 10 nitrogen and oxygen atoms in total. The summed E-state index contributed by atoms with van der Waals surface area (Å²) in [6.45, 7) is 11.1. The second-order valence-electron chi connectivity index (χ2n) is 11.3. The van der Waals surface area contributed by atoms with E-state index < -0.39 is 5.76 Å². The first kappa shape index (κ1) is 27.9. The van der Waals surface area contributed by atoms with Crippen molar-refractivity contribution in [1.82, 2.24) is 19.7 Å². The van der Waals surface area contributed by atoms with Gasteiger partial charge in [0.15, 0.2) is 5.58 Å². The van der Waals surface area contributed by atoms with E-state index in [4.69, 9.17) is 13.9 Å². The molecule has 0 aliphatic carbocycles. The van der Waals surface area contributed by atoms with Gasteiger partial charge in [0.2, 0.25) is 5.91 Å². The van der Waals surface area contributed by atoms with E-state index in [1.54, 1.807) is 0 Å². The number of nitrogens with zero attached hydrogens (tertiary/aromatic N) is 3. The molecule has 2 atom stereocenters. The first-order chi connectivity index (χ1) is 18.9. The number of aromatic nitrogens is 1. The second kappa shape index (κ2) is 12.7. The standard InChI is InChI=1S/C29H42N4O6/c1-20-17-22(19-25-26(20)30-29(36)39-25)18-21(2)27(34)32-10-6-23(7-11-32)33-9-3-5-24(33)28(35)38-14-4-8-31-12-15-37-16-13-31/h17,19,21,23-24H,3-16,18H2,1-2H3,(H,30,36)/t21-,24+/m1/s1. The number of amides is 1. The summed E-state index contributed by atoms with van der Waals surface area (Å²) in [7, 11) is 0. The number of piperidine rings is 1. The van der Waals surface area contributed by atoms with E-state index >= 15 is 0 Å². The van der Waals surface area contributed by atoms with Crippen LogP contribution in [-0.2, 0) is 25.5 Å². The number of carbonyl (C=O) groups is 2. The molecule has 214 valence electrons. The average Bonchev–Trinajstić information content (AvgIpc) is 3.58. The van der Waals surface area contributed by atoms with Crippen molar-refractivity contribution in [2.24, 2.45) is 5.92 Å². The number of aromatic amines is 1. The molecule has 0 radical (unpaired) electrons. The summed E-state index contributed by atoms with van der Waals surface area (Å²) in [5.74, 6) is -0.572. The Bertz CT molecular complexity index is 1190. The maximum absolute atomic E-state index is 13.3. The van der Waals surface area contributed by atoms with E-state index in [0.29, 0.717) is 43.3 Å². The van der Waals surface area contributed by atoms with Crippen molar-refractivity contribution in [1.29, 1.82) is 0 Å². The lowest BCUT2D eigenvalue weighted by Crippen LogP contribution is -2.51. The molecule has 1 aromatic heterocycles. The number of ether oxygens (including phenoxy) is 2. The first-order valence-corrected chi connectivity index (χ1v) is 14.5. The number of fused-ring (bicyclic) bond motifs is 1. The summed E-state index contributed by atoms with van der Waals surface area (Å²) in [5, 5.41) is 0. The molecule has 0 saturated carbocycles. The van der Waals surface area contributed by atoms with E-state index in [0.717, 1.165) is 82.6 Å². The van der Waals surface area contributed by atoms with Crippen LogP contribution in [0.3, 0.4) is 0 Å². The third-order valence-corrected chi connectivity index (χ3v) is 8.53. The number of oxazole rings is 1. The Kier molecular flexibility index (Phi) is 9.04. The van der Waals surface area contributed by atoms with Gasteiger partial charge in [0.05, 0.1) is 25.3 Å². The zero-order chi connectivity index (χ0) is 27.4. The summed E-state index contributed by atoms with van der Waals surface area (Å²) < 4.78 is 16.3. The quantitative estimate of drug-likeness (QED) is 0.380. The fourth-order valence-corrected chi connectivity index (χ4v) is 6.44. The van der Waals surface area contributed by atoms with Crippen molar-refractivity contribution in [2.75, 3.05) is 59.1 Å². The van der Waals surface area contributed by atoms with Gasteiger partial charge in [0, 0.05) is 44.7 Å². The van der Waals surface area contributed by atoms with E-state index in [1.165, 1.54) is 0 Å². The molecule has 0 bridgehead atoms. The Hall–Kier alpha value is -2.69. The van der Waals surface area contributed by atoms with Crippen LogP contribution in [0.1, 0.15) is 50.2 Å². The Labute approximate surface area is 229 Å². The van der Waals surface area contributed by atoms with E-state index in [-0.39, 0.29) is 23.8 Å². The second-order valence-corrected chi connectivity index (χ2v) is 11.3. The molecular weight excluding hydrogens is 500 g/mol. The predicted octanol–water partition coefficient (Wildman–Crippen LogP) is 2.33. The Balaban J connectivity index is 1.07. The van der Waals surface area contributed by atoms with Gasteiger partial charge in [-0.25, -0.2) is 4.79 Å². The SMILES string of the molecule is Cc1cc(C[C@@H](C)C(=O)N2CCC(N3CCC[C@H]3C(=O)OCCCN3CCOCC3)CC2)cc2oc(=O)[nH]c12. The zero-order valence-electron chi connectivity index (χ0n) is 23.3. The highest BCUT2D eigenvalue weighted by molar-refractivity contribution is 5.80. The van der Waals surface area contributed by atoms with Crippen molar-refractivity contribution in [3.8, 4) is 0 Å². The lowest BCUT2D eigenvalue weighted by atomic mass is 9.96. The largest absolute Gasteiger partial charge is 0.464 e. The molecule has 0 spiro atoms. The van der Waals surface area contributed by atoms with Gasteiger partial charge in [-0.05, 0) is 69.2 Å². The molecule has 39 heavy (non-hydrogen) atoms. The lowest BCUT2D eigenvalue weighted by Gasteiger charge is -2.39. The number of H-pyrrole nitrogens is 1. The summed E-state index contributed by atoms with van der Waals surface area (Å²) >= 11 is 0. The minimum atomic E-state index is -0.463. The molecule has 1 amide bonds. The minimum absolute atomic E-state index is 0.0906. The lowest BCUT2D eigenvalue weighted by molar-refractivity contribution is -0.151. The van der Waals surface area contributed by atoms with E-state index in [2.05, 4.69) is 14.8 Å². The predicted molar refractivity (Wildman–Crippen MR) is 147 cm³/mol. The third kappa shape index (κ3) is 6.73. The number of esters is 1. The minimum Gasteiger partial charge on any atom is -0.464 e. The molecule has 3 saturated heterocycles. The van der Waals surface area contributed by atoms with Crippen LogP contribution in [0.2, 0.25) is 0 Å². The molecule has 2 aromatic rings. The van der Waals surface area contributed by atoms with Gasteiger partial charge < -0.3 is 18.8 Å². The normalized spacial score (nSPS) is 22.4. The van der Waals surface area contributed by atoms with Gasteiger partial charge in [0.1, 0.15) is 6.04 Å². The highest BCUT2D eigenvalue weighted by Gasteiger charge is 2.38. The fraction of sp³-hybridized carbons (Fsp3) is 0.690. The molecule has 3 aliphatic heterocycles. The van der Waals surface area contributed by atoms with Crippen molar-refractivity contribution in [3.05, 3.63) is 33.8 Å². The number of hydrogen-bond donors (Lipinski definition) is 1. The number of rotatable bonds is 9. The van der Waals surface area contributed by atoms with Crippen molar-refractivity contribution < 1.29 is 23.5 Å². The molecular formula is C29H42N4O6. The van der Waals surface area contributed by atoms with Gasteiger partial charge in [-0.1, -0.05) is 13.0 Å². The molecule has 5 rings (SSSR count). The zero-order valence-corrected chi connectivity index (χ0v) is 23.3. The smallest absolute Gasteiger partial charge is 0.417 e. The van der Waals surface area contributed by atoms with Gasteiger partial charge in [-0.15, -0.1) is 0 Å².